The first kappa shape index (κ1) is 12.3. The first-order chi connectivity index (χ1) is 8.52. The van der Waals surface area contributed by atoms with Crippen LogP contribution >= 0.6 is 0 Å². The van der Waals surface area contributed by atoms with Gasteiger partial charge in [-0.15, -0.1) is 0 Å². The summed E-state index contributed by atoms with van der Waals surface area (Å²) in [7, 11) is 1.84. The highest BCUT2D eigenvalue weighted by molar-refractivity contribution is 5.51. The van der Waals surface area contributed by atoms with E-state index in [0.717, 1.165) is 12.1 Å². The van der Waals surface area contributed by atoms with Gasteiger partial charge in [0.25, 0.3) is 0 Å². The van der Waals surface area contributed by atoms with E-state index in [9.17, 15) is 0 Å². The van der Waals surface area contributed by atoms with E-state index in [1.807, 2.05) is 13.2 Å². The lowest BCUT2D eigenvalue weighted by atomic mass is 10.1. The second-order valence-corrected chi connectivity index (χ2v) is 4.56. The maximum atomic E-state index is 5.67. The zero-order valence-electron chi connectivity index (χ0n) is 10.8. The molecule has 0 saturated heterocycles. The largest absolute Gasteiger partial charge is 0.368 e. The van der Waals surface area contributed by atoms with Crippen molar-refractivity contribution >= 4 is 17.6 Å². The summed E-state index contributed by atoms with van der Waals surface area (Å²) < 4.78 is 1.70. The fraction of sp³-hybridized carbons (Fsp3) is 0.455. The second-order valence-electron chi connectivity index (χ2n) is 4.56. The minimum absolute atomic E-state index is 0.229. The monoisotopic (exact) mass is 247 g/mol. The summed E-state index contributed by atoms with van der Waals surface area (Å²) in [6.45, 7) is 4.21. The first-order valence-electron chi connectivity index (χ1n) is 5.79. The van der Waals surface area contributed by atoms with Gasteiger partial charge in [-0.05, 0) is 5.92 Å². The van der Waals surface area contributed by atoms with Crippen LogP contribution in [0.4, 0.5) is 17.6 Å². The molecule has 0 amide bonds. The third-order valence-corrected chi connectivity index (χ3v) is 2.25. The van der Waals surface area contributed by atoms with Gasteiger partial charge in [0.05, 0.1) is 11.9 Å². The van der Waals surface area contributed by atoms with Crippen LogP contribution in [0.15, 0.2) is 12.4 Å². The number of nitrogens with one attached hydrogen (secondary N) is 1. The molecular formula is C11H17N7. The van der Waals surface area contributed by atoms with Gasteiger partial charge in [0.15, 0.2) is 0 Å². The van der Waals surface area contributed by atoms with Crippen LogP contribution in [0.1, 0.15) is 19.7 Å². The molecule has 0 aromatic carbocycles. The molecule has 2 aromatic heterocycles. The molecule has 2 aromatic rings. The van der Waals surface area contributed by atoms with E-state index >= 15 is 0 Å². The fourth-order valence-electron chi connectivity index (χ4n) is 1.57. The summed E-state index contributed by atoms with van der Waals surface area (Å²) in [6.07, 6.45) is 4.30. The van der Waals surface area contributed by atoms with Crippen molar-refractivity contribution < 1.29 is 0 Å². The second kappa shape index (κ2) is 4.99. The maximum Gasteiger partial charge on any atom is 0.232 e. The fourth-order valence-corrected chi connectivity index (χ4v) is 1.57. The molecule has 0 aliphatic heterocycles. The Morgan fingerprint density at radius 3 is 2.72 bits per heavy atom. The smallest absolute Gasteiger partial charge is 0.232 e. The van der Waals surface area contributed by atoms with Crippen molar-refractivity contribution in [2.24, 2.45) is 13.0 Å². The van der Waals surface area contributed by atoms with Crippen molar-refractivity contribution in [1.82, 2.24) is 24.7 Å². The Hall–Kier alpha value is -2.18. The van der Waals surface area contributed by atoms with Crippen molar-refractivity contribution in [1.29, 1.82) is 0 Å². The standard InChI is InChI=1S/C11H17N7/c1-7(2)4-9-15-10(12)17-11(16-9)14-8-5-13-18(3)6-8/h5-7H,4H2,1-3H3,(H3,12,14,15,16,17). The van der Waals surface area contributed by atoms with Crippen LogP contribution in [0.2, 0.25) is 0 Å². The Kier molecular flexibility index (Phi) is 3.40. The summed E-state index contributed by atoms with van der Waals surface area (Å²) in [5.41, 5.74) is 6.49. The van der Waals surface area contributed by atoms with Crippen LogP contribution in [0, 0.1) is 5.92 Å². The molecular weight excluding hydrogens is 230 g/mol. The quantitative estimate of drug-likeness (QED) is 0.841. The molecule has 2 heterocycles. The Morgan fingerprint density at radius 2 is 2.11 bits per heavy atom. The maximum absolute atomic E-state index is 5.67. The number of nitrogens with zero attached hydrogens (tertiary/aromatic N) is 5. The molecule has 0 radical (unpaired) electrons. The summed E-state index contributed by atoms with van der Waals surface area (Å²) in [6, 6.07) is 0. The third kappa shape index (κ3) is 3.16. The molecule has 7 nitrogen and oxygen atoms in total. The van der Waals surface area contributed by atoms with Gasteiger partial charge in [-0.1, -0.05) is 13.8 Å². The highest BCUT2D eigenvalue weighted by atomic mass is 15.3. The molecule has 0 atom stereocenters. The Labute approximate surface area is 105 Å². The minimum atomic E-state index is 0.229. The van der Waals surface area contributed by atoms with Crippen molar-refractivity contribution in [3.8, 4) is 0 Å². The van der Waals surface area contributed by atoms with E-state index in [1.54, 1.807) is 10.9 Å². The number of aryl methyl sites for hydroxylation is 1. The predicted molar refractivity (Wildman–Crippen MR) is 69.3 cm³/mol. The van der Waals surface area contributed by atoms with Gasteiger partial charge in [-0.25, -0.2) is 0 Å². The Morgan fingerprint density at radius 1 is 1.33 bits per heavy atom. The normalized spacial score (nSPS) is 10.9. The van der Waals surface area contributed by atoms with Crippen molar-refractivity contribution in [2.45, 2.75) is 20.3 Å². The summed E-state index contributed by atoms with van der Waals surface area (Å²) >= 11 is 0. The van der Waals surface area contributed by atoms with E-state index in [2.05, 4.69) is 39.2 Å². The molecule has 2 rings (SSSR count). The molecule has 18 heavy (non-hydrogen) atoms. The van der Waals surface area contributed by atoms with Crippen LogP contribution in [0.25, 0.3) is 0 Å². The van der Waals surface area contributed by atoms with E-state index in [0.29, 0.717) is 17.7 Å². The van der Waals surface area contributed by atoms with E-state index < -0.39 is 0 Å². The van der Waals surface area contributed by atoms with Crippen LogP contribution in [-0.2, 0) is 13.5 Å². The van der Waals surface area contributed by atoms with Gasteiger partial charge in [-0.3, -0.25) is 4.68 Å². The highest BCUT2D eigenvalue weighted by Gasteiger charge is 2.07. The molecule has 0 saturated carbocycles. The van der Waals surface area contributed by atoms with Gasteiger partial charge in [-0.2, -0.15) is 20.1 Å². The Balaban J connectivity index is 2.19. The van der Waals surface area contributed by atoms with Crippen LogP contribution in [0.3, 0.4) is 0 Å². The molecule has 0 spiro atoms. The summed E-state index contributed by atoms with van der Waals surface area (Å²) in [4.78, 5) is 12.5. The number of nitrogens with two attached hydrogens (primary N) is 1. The number of rotatable bonds is 4. The summed E-state index contributed by atoms with van der Waals surface area (Å²) in [5, 5.41) is 7.11. The van der Waals surface area contributed by atoms with E-state index in [1.165, 1.54) is 0 Å². The molecule has 0 unspecified atom stereocenters. The lowest BCUT2D eigenvalue weighted by Gasteiger charge is -2.07. The van der Waals surface area contributed by atoms with Crippen molar-refractivity contribution in [3.05, 3.63) is 18.2 Å². The molecule has 0 aliphatic rings. The topological polar surface area (TPSA) is 94.5 Å². The first-order valence-corrected chi connectivity index (χ1v) is 5.79. The number of aromatic nitrogens is 5. The third-order valence-electron chi connectivity index (χ3n) is 2.25. The number of hydrogen-bond donors (Lipinski definition) is 2. The van der Waals surface area contributed by atoms with Gasteiger partial charge in [0.2, 0.25) is 11.9 Å². The van der Waals surface area contributed by atoms with Crippen molar-refractivity contribution in [3.63, 3.8) is 0 Å². The van der Waals surface area contributed by atoms with Crippen LogP contribution < -0.4 is 11.1 Å². The summed E-state index contributed by atoms with van der Waals surface area (Å²) in [5.74, 6) is 1.85. The van der Waals surface area contributed by atoms with E-state index in [-0.39, 0.29) is 5.95 Å². The zero-order chi connectivity index (χ0) is 13.1. The molecule has 3 N–H and O–H groups in total. The molecule has 7 heteroatoms. The van der Waals surface area contributed by atoms with E-state index in [4.69, 9.17) is 5.73 Å². The van der Waals surface area contributed by atoms with Gasteiger partial charge >= 0.3 is 0 Å². The molecule has 96 valence electrons. The zero-order valence-corrected chi connectivity index (χ0v) is 10.8. The van der Waals surface area contributed by atoms with Gasteiger partial charge in [0.1, 0.15) is 5.82 Å². The predicted octanol–water partition coefficient (Wildman–Crippen LogP) is 1.13. The average molecular weight is 247 g/mol. The SMILES string of the molecule is CC(C)Cc1nc(N)nc(Nc2cnn(C)c2)n1. The lowest BCUT2D eigenvalue weighted by Crippen LogP contribution is -2.08. The minimum Gasteiger partial charge on any atom is -0.368 e. The number of hydrogen-bond acceptors (Lipinski definition) is 6. The highest BCUT2D eigenvalue weighted by Crippen LogP contribution is 2.13. The molecule has 0 aliphatic carbocycles. The number of nitrogen functional groups attached to an aromatic ring is 1. The lowest BCUT2D eigenvalue weighted by molar-refractivity contribution is 0.620. The van der Waals surface area contributed by atoms with Gasteiger partial charge in [0, 0.05) is 19.7 Å². The van der Waals surface area contributed by atoms with Crippen LogP contribution in [0.5, 0.6) is 0 Å². The molecule has 0 fully saturated rings. The average Bonchev–Trinajstić information content (AvgIpc) is 2.61. The molecule has 0 bridgehead atoms. The number of anilines is 3. The van der Waals surface area contributed by atoms with Gasteiger partial charge < -0.3 is 11.1 Å². The van der Waals surface area contributed by atoms with Crippen molar-refractivity contribution in [2.75, 3.05) is 11.1 Å². The Bertz CT molecular complexity index is 532. The van der Waals surface area contributed by atoms with Crippen LogP contribution in [-0.4, -0.2) is 24.7 Å².